The van der Waals surface area contributed by atoms with Crippen LogP contribution in [-0.2, 0) is 17.8 Å². The van der Waals surface area contributed by atoms with Gasteiger partial charge in [-0.15, -0.1) is 0 Å². The van der Waals surface area contributed by atoms with Crippen molar-refractivity contribution in [2.75, 3.05) is 0 Å². The largest absolute Gasteiger partial charge is 0.383 e. The third kappa shape index (κ3) is 2.44. The Labute approximate surface area is 171 Å². The molecule has 0 fully saturated rings. The summed E-state index contributed by atoms with van der Waals surface area (Å²) in [6, 6.07) is 18.5. The number of fused-ring (bicyclic) bond motifs is 7. The molecule has 4 nitrogen and oxygen atoms in total. The van der Waals surface area contributed by atoms with Gasteiger partial charge in [-0.1, -0.05) is 12.1 Å². The summed E-state index contributed by atoms with van der Waals surface area (Å²) in [5.41, 5.74) is 7.37. The fourth-order valence-corrected chi connectivity index (χ4v) is 5.79. The Balaban J connectivity index is 1.44. The van der Waals surface area contributed by atoms with Crippen molar-refractivity contribution >= 4 is 27.3 Å². The van der Waals surface area contributed by atoms with Gasteiger partial charge in [0.1, 0.15) is 0 Å². The summed E-state index contributed by atoms with van der Waals surface area (Å²) < 4.78 is 15.7. The molecule has 2 atom stereocenters. The van der Waals surface area contributed by atoms with Gasteiger partial charge in [-0.3, -0.25) is 4.98 Å². The van der Waals surface area contributed by atoms with E-state index < -0.39 is 10.8 Å². The van der Waals surface area contributed by atoms with Crippen molar-refractivity contribution in [3.63, 3.8) is 0 Å². The molecule has 2 bridgehead atoms. The minimum atomic E-state index is -1.24. The summed E-state index contributed by atoms with van der Waals surface area (Å²) in [7, 11) is 0.887. The number of rotatable bonds is 3. The lowest BCUT2D eigenvalue weighted by atomic mass is 10.1. The summed E-state index contributed by atoms with van der Waals surface area (Å²) in [6.07, 6.45) is 6.74. The number of hydrogen-bond donors (Lipinski definition) is 1. The van der Waals surface area contributed by atoms with Gasteiger partial charge in [-0.05, 0) is 59.2 Å². The van der Waals surface area contributed by atoms with Gasteiger partial charge in [0, 0.05) is 58.3 Å². The molecule has 3 heterocycles. The molecule has 0 amide bonds. The van der Waals surface area contributed by atoms with E-state index >= 15 is 0 Å². The molecule has 2 aromatic carbocycles. The van der Waals surface area contributed by atoms with Gasteiger partial charge in [0.2, 0.25) is 0 Å². The second-order valence-electron chi connectivity index (χ2n) is 7.63. The first-order valence-corrected chi connectivity index (χ1v) is 10.9. The Hall–Kier alpha value is -3.18. The maximum absolute atomic E-state index is 13.4. The maximum atomic E-state index is 13.4. The van der Waals surface area contributed by atoms with E-state index in [1.807, 2.05) is 42.5 Å². The van der Waals surface area contributed by atoms with Crippen LogP contribution in [0.2, 0.25) is 0 Å². The van der Waals surface area contributed by atoms with Gasteiger partial charge >= 0.3 is 0 Å². The summed E-state index contributed by atoms with van der Waals surface area (Å²) in [5.74, 6) is 0. The predicted molar refractivity (Wildman–Crippen MR) is 116 cm³/mol. The molecule has 142 valence electrons. The number of benzene rings is 2. The Morgan fingerprint density at radius 1 is 1.03 bits per heavy atom. The molecule has 0 saturated carbocycles. The first-order chi connectivity index (χ1) is 14.2. The van der Waals surface area contributed by atoms with E-state index in [-0.39, 0.29) is 0 Å². The third-order valence-corrected chi connectivity index (χ3v) is 7.39. The smallest absolute Gasteiger partial charge is 0.0850 e. The van der Waals surface area contributed by atoms with Crippen LogP contribution in [0.15, 0.2) is 83.0 Å². The number of nitrogens with one attached hydrogen (secondary N) is 1. The lowest BCUT2D eigenvalue weighted by Crippen LogP contribution is -2.10. The van der Waals surface area contributed by atoms with Crippen molar-refractivity contribution in [1.29, 1.82) is 0 Å². The zero-order valence-corrected chi connectivity index (χ0v) is 16.7. The second kappa shape index (κ2) is 6.16. The molecule has 2 aromatic heterocycles. The zero-order chi connectivity index (χ0) is 19.5. The molecule has 2 unspecified atom stereocenters. The van der Waals surface area contributed by atoms with E-state index in [0.29, 0.717) is 6.04 Å². The van der Waals surface area contributed by atoms with Gasteiger partial charge in [0.15, 0.2) is 0 Å². The number of hydrogen-bond acceptors (Lipinski definition) is 3. The summed E-state index contributed by atoms with van der Waals surface area (Å²) >= 11 is 0. The fraction of sp³-hybridized carbons (Fsp3) is 0.125. The van der Waals surface area contributed by atoms with Crippen LogP contribution in [0, 0.1) is 0 Å². The molecule has 4 aromatic rings. The summed E-state index contributed by atoms with van der Waals surface area (Å²) in [6.45, 7) is 0. The molecule has 29 heavy (non-hydrogen) atoms. The van der Waals surface area contributed by atoms with Crippen LogP contribution in [0.5, 0.6) is 0 Å². The minimum Gasteiger partial charge on any atom is -0.383 e. The average Bonchev–Trinajstić information content (AvgIpc) is 3.47. The van der Waals surface area contributed by atoms with E-state index in [4.69, 9.17) is 0 Å². The first-order valence-electron chi connectivity index (χ1n) is 9.71. The van der Waals surface area contributed by atoms with Crippen LogP contribution in [0.25, 0.3) is 27.6 Å². The highest BCUT2D eigenvalue weighted by Crippen LogP contribution is 2.48. The monoisotopic (exact) mass is 397 g/mol. The molecule has 0 saturated heterocycles. The van der Waals surface area contributed by atoms with Crippen LogP contribution in [-0.4, -0.2) is 13.8 Å². The Morgan fingerprint density at radius 2 is 1.86 bits per heavy atom. The highest BCUT2D eigenvalue weighted by atomic mass is 32.2. The molecule has 1 aliphatic heterocycles. The molecule has 1 N–H and O–H groups in total. The van der Waals surface area contributed by atoms with Gasteiger partial charge < -0.3 is 9.88 Å². The van der Waals surface area contributed by atoms with Gasteiger partial charge in [0.05, 0.1) is 22.5 Å². The van der Waals surface area contributed by atoms with E-state index in [9.17, 15) is 4.21 Å². The number of aromatic nitrogens is 2. The van der Waals surface area contributed by atoms with E-state index in [1.165, 1.54) is 27.7 Å². The molecular formula is C24H19N3OS. The standard InChI is InChI=1S/C24H19N3OS/c1-27-22-6-5-19(13-20(22)23-21-12-17(14-26-21)24(23)27)29(28)18-4-2-3-16(11-18)15-7-9-25-10-8-15/h2-11,13-14,21,26H,12H2,1H3. The maximum Gasteiger partial charge on any atom is 0.0850 e. The van der Waals surface area contributed by atoms with E-state index in [0.717, 1.165) is 27.3 Å². The molecule has 0 spiro atoms. The zero-order valence-electron chi connectivity index (χ0n) is 15.9. The van der Waals surface area contributed by atoms with Crippen molar-refractivity contribution in [2.45, 2.75) is 22.3 Å². The Bertz CT molecular complexity index is 1340. The third-order valence-electron chi connectivity index (χ3n) is 6.02. The molecule has 5 heteroatoms. The first kappa shape index (κ1) is 16.7. The van der Waals surface area contributed by atoms with Crippen LogP contribution < -0.4 is 5.32 Å². The number of pyridine rings is 1. The quantitative estimate of drug-likeness (QED) is 0.540. The highest BCUT2D eigenvalue weighted by Gasteiger charge is 2.35. The lowest BCUT2D eigenvalue weighted by Gasteiger charge is -2.10. The molecule has 0 radical (unpaired) electrons. The van der Waals surface area contributed by atoms with Crippen molar-refractivity contribution in [1.82, 2.24) is 14.9 Å². The number of aryl methyl sites for hydroxylation is 1. The van der Waals surface area contributed by atoms with Gasteiger partial charge in [-0.25, -0.2) is 4.21 Å². The Kier molecular flexibility index (Phi) is 3.56. The SMILES string of the molecule is Cn1c2c(c3cc(S(=O)c4cccc(-c5ccncc5)c4)ccc31)C1CC2=CN1. The van der Waals surface area contributed by atoms with Crippen LogP contribution >= 0.6 is 0 Å². The van der Waals surface area contributed by atoms with Crippen molar-refractivity contribution in [3.05, 3.63) is 84.4 Å². The molecule has 2 aliphatic rings. The molecule has 1 aliphatic carbocycles. The van der Waals surface area contributed by atoms with Crippen LogP contribution in [0.4, 0.5) is 0 Å². The highest BCUT2D eigenvalue weighted by molar-refractivity contribution is 7.85. The second-order valence-corrected chi connectivity index (χ2v) is 9.11. The molecular weight excluding hydrogens is 378 g/mol. The van der Waals surface area contributed by atoms with E-state index in [2.05, 4.69) is 40.2 Å². The number of nitrogens with zero attached hydrogens (tertiary/aromatic N) is 2. The van der Waals surface area contributed by atoms with E-state index in [1.54, 1.807) is 12.4 Å². The molecule has 6 rings (SSSR count). The summed E-state index contributed by atoms with van der Waals surface area (Å²) in [4.78, 5) is 5.74. The van der Waals surface area contributed by atoms with Gasteiger partial charge in [0.25, 0.3) is 0 Å². The average molecular weight is 398 g/mol. The van der Waals surface area contributed by atoms with Crippen molar-refractivity contribution < 1.29 is 4.21 Å². The van der Waals surface area contributed by atoms with Gasteiger partial charge in [-0.2, -0.15) is 0 Å². The van der Waals surface area contributed by atoms with Crippen LogP contribution in [0.3, 0.4) is 0 Å². The predicted octanol–water partition coefficient (Wildman–Crippen LogP) is 4.80. The van der Waals surface area contributed by atoms with Crippen LogP contribution in [0.1, 0.15) is 23.7 Å². The minimum absolute atomic E-state index is 0.349. The Morgan fingerprint density at radius 3 is 2.72 bits per heavy atom. The normalized spacial score (nSPS) is 17.8. The van der Waals surface area contributed by atoms with Crippen molar-refractivity contribution in [3.8, 4) is 11.1 Å². The topological polar surface area (TPSA) is 46.9 Å². The lowest BCUT2D eigenvalue weighted by molar-refractivity contribution is 0.683. The fourth-order valence-electron chi connectivity index (χ4n) is 4.67. The summed E-state index contributed by atoms with van der Waals surface area (Å²) in [5, 5.41) is 4.68. The van der Waals surface area contributed by atoms with Crippen molar-refractivity contribution in [2.24, 2.45) is 7.05 Å².